The molecule has 0 saturated carbocycles. The number of anilines is 1. The Bertz CT molecular complexity index is 571. The number of hydrogen-bond acceptors (Lipinski definition) is 6. The minimum atomic E-state index is -3.76. The molecule has 2 rings (SSSR count). The topological polar surface area (TPSA) is 112 Å². The molecule has 19 heavy (non-hydrogen) atoms. The van der Waals surface area contributed by atoms with Gasteiger partial charge < -0.3 is 5.11 Å². The molecule has 0 amide bonds. The lowest BCUT2D eigenvalue weighted by Crippen LogP contribution is -2.44. The molecule has 10 heteroatoms. The molecule has 8 nitrogen and oxygen atoms in total. The third-order valence-electron chi connectivity index (χ3n) is 2.82. The summed E-state index contributed by atoms with van der Waals surface area (Å²) in [7, 11) is -3.76. The van der Waals surface area contributed by atoms with Gasteiger partial charge in [0.05, 0.1) is 5.92 Å². The van der Waals surface area contributed by atoms with Crippen molar-refractivity contribution in [2.75, 3.05) is 17.8 Å². The molecule has 1 aromatic heterocycles. The first-order valence-electron chi connectivity index (χ1n) is 5.69. The largest absolute Gasteiger partial charge is 0.481 e. The third kappa shape index (κ3) is 3.39. The molecule has 1 aliphatic rings. The fourth-order valence-corrected chi connectivity index (χ4v) is 3.91. The zero-order chi connectivity index (χ0) is 14.0. The fourth-order valence-electron chi connectivity index (χ4n) is 1.88. The molecule has 0 spiro atoms. The minimum Gasteiger partial charge on any atom is -0.481 e. The minimum absolute atomic E-state index is 0.0115. The molecule has 1 unspecified atom stereocenters. The van der Waals surface area contributed by atoms with E-state index < -0.39 is 22.1 Å². The van der Waals surface area contributed by atoms with E-state index in [1.807, 2.05) is 0 Å². The lowest BCUT2D eigenvalue weighted by molar-refractivity contribution is -0.142. The molecule has 0 aliphatic carbocycles. The number of piperidine rings is 1. The van der Waals surface area contributed by atoms with E-state index in [1.54, 1.807) is 6.92 Å². The van der Waals surface area contributed by atoms with Gasteiger partial charge in [0.2, 0.25) is 5.13 Å². The van der Waals surface area contributed by atoms with E-state index in [0.717, 1.165) is 15.8 Å². The van der Waals surface area contributed by atoms with Crippen LogP contribution in [-0.4, -0.2) is 46.2 Å². The molecule has 106 valence electrons. The van der Waals surface area contributed by atoms with Gasteiger partial charge in [-0.25, -0.2) is 9.71 Å². The molecule has 0 aromatic carbocycles. The maximum Gasteiger partial charge on any atom is 0.307 e. The maximum absolute atomic E-state index is 12.1. The number of aliphatic carboxylic acids is 1. The summed E-state index contributed by atoms with van der Waals surface area (Å²) in [6, 6.07) is 0. The summed E-state index contributed by atoms with van der Waals surface area (Å²) in [6.07, 6.45) is 1.03. The summed E-state index contributed by atoms with van der Waals surface area (Å²) in [5, 5.41) is 9.14. The van der Waals surface area contributed by atoms with E-state index >= 15 is 0 Å². The van der Waals surface area contributed by atoms with Crippen LogP contribution in [0, 0.1) is 12.8 Å². The highest BCUT2D eigenvalue weighted by Gasteiger charge is 2.32. The zero-order valence-electron chi connectivity index (χ0n) is 10.2. The second-order valence-electron chi connectivity index (χ2n) is 4.29. The molecule has 0 bridgehead atoms. The number of hydrogen-bond donors (Lipinski definition) is 2. The second kappa shape index (κ2) is 5.39. The Morgan fingerprint density at radius 2 is 2.32 bits per heavy atom. The summed E-state index contributed by atoms with van der Waals surface area (Å²) in [5.41, 5.74) is 0. The van der Waals surface area contributed by atoms with Gasteiger partial charge in [-0.3, -0.25) is 4.79 Å². The zero-order valence-corrected chi connectivity index (χ0v) is 11.9. The molecule has 1 saturated heterocycles. The van der Waals surface area contributed by atoms with Crippen molar-refractivity contribution in [2.24, 2.45) is 5.92 Å². The smallest absolute Gasteiger partial charge is 0.307 e. The first-order valence-corrected chi connectivity index (χ1v) is 7.91. The standard InChI is InChI=1S/C9H14N4O4S2/c1-6-10-9(18-11-6)12-19(16,17)13-4-2-3-7(5-13)8(14)15/h7H,2-5H2,1H3,(H,14,15)(H,10,11,12). The van der Waals surface area contributed by atoms with Crippen molar-refractivity contribution in [1.29, 1.82) is 0 Å². The lowest BCUT2D eigenvalue weighted by atomic mass is 10.0. The van der Waals surface area contributed by atoms with Gasteiger partial charge in [0.15, 0.2) is 0 Å². The van der Waals surface area contributed by atoms with Gasteiger partial charge in [-0.2, -0.15) is 17.1 Å². The van der Waals surface area contributed by atoms with Crippen LogP contribution < -0.4 is 4.72 Å². The molecule has 2 heterocycles. The van der Waals surface area contributed by atoms with E-state index in [4.69, 9.17) is 5.11 Å². The van der Waals surface area contributed by atoms with Crippen molar-refractivity contribution in [2.45, 2.75) is 19.8 Å². The Hall–Kier alpha value is -1.26. The molecule has 1 atom stereocenters. The van der Waals surface area contributed by atoms with Crippen molar-refractivity contribution in [3.8, 4) is 0 Å². The Labute approximate surface area is 114 Å². The van der Waals surface area contributed by atoms with Crippen LogP contribution >= 0.6 is 11.5 Å². The van der Waals surface area contributed by atoms with Gasteiger partial charge in [-0.1, -0.05) is 0 Å². The fraction of sp³-hybridized carbons (Fsp3) is 0.667. The van der Waals surface area contributed by atoms with Gasteiger partial charge in [-0.15, -0.1) is 0 Å². The molecule has 0 radical (unpaired) electrons. The number of nitrogens with zero attached hydrogens (tertiary/aromatic N) is 3. The molecule has 1 aliphatic heterocycles. The Morgan fingerprint density at radius 3 is 2.89 bits per heavy atom. The molecule has 2 N–H and O–H groups in total. The lowest BCUT2D eigenvalue weighted by Gasteiger charge is -2.29. The quantitative estimate of drug-likeness (QED) is 0.827. The number of rotatable bonds is 4. The first kappa shape index (κ1) is 14.2. The van der Waals surface area contributed by atoms with Crippen molar-refractivity contribution in [3.05, 3.63) is 5.82 Å². The molecule has 1 fully saturated rings. The van der Waals surface area contributed by atoms with Crippen molar-refractivity contribution in [1.82, 2.24) is 13.7 Å². The van der Waals surface area contributed by atoms with Gasteiger partial charge in [0.1, 0.15) is 5.82 Å². The van der Waals surface area contributed by atoms with Gasteiger partial charge >= 0.3 is 16.2 Å². The first-order chi connectivity index (χ1) is 8.88. The van der Waals surface area contributed by atoms with E-state index in [9.17, 15) is 13.2 Å². The average Bonchev–Trinajstić information content (AvgIpc) is 2.74. The Morgan fingerprint density at radius 1 is 1.58 bits per heavy atom. The number of aryl methyl sites for hydroxylation is 1. The summed E-state index contributed by atoms with van der Waals surface area (Å²) < 4.78 is 31.5. The highest BCUT2D eigenvalue weighted by Crippen LogP contribution is 2.21. The summed E-state index contributed by atoms with van der Waals surface area (Å²) in [5.74, 6) is -1.13. The van der Waals surface area contributed by atoms with E-state index in [-0.39, 0.29) is 11.7 Å². The second-order valence-corrected chi connectivity index (χ2v) is 6.71. The highest BCUT2D eigenvalue weighted by atomic mass is 32.2. The van der Waals surface area contributed by atoms with Crippen LogP contribution in [0.4, 0.5) is 5.13 Å². The van der Waals surface area contributed by atoms with E-state index in [0.29, 0.717) is 25.2 Å². The van der Waals surface area contributed by atoms with Crippen LogP contribution in [-0.2, 0) is 15.0 Å². The maximum atomic E-state index is 12.1. The number of aromatic nitrogens is 2. The van der Waals surface area contributed by atoms with E-state index in [2.05, 4.69) is 14.1 Å². The van der Waals surface area contributed by atoms with Gasteiger partial charge in [-0.05, 0) is 19.8 Å². The van der Waals surface area contributed by atoms with Crippen molar-refractivity contribution >= 4 is 32.8 Å². The third-order valence-corrected chi connectivity index (χ3v) is 5.13. The predicted octanol–water partition coefficient (Wildman–Crippen LogP) is 0.300. The summed E-state index contributed by atoms with van der Waals surface area (Å²) >= 11 is 0.953. The highest BCUT2D eigenvalue weighted by molar-refractivity contribution is 7.90. The van der Waals surface area contributed by atoms with Crippen LogP contribution in [0.2, 0.25) is 0 Å². The number of carbonyl (C=O) groups is 1. The van der Waals surface area contributed by atoms with Crippen LogP contribution in [0.5, 0.6) is 0 Å². The van der Waals surface area contributed by atoms with Crippen molar-refractivity contribution in [3.63, 3.8) is 0 Å². The van der Waals surface area contributed by atoms with Gasteiger partial charge in [0.25, 0.3) is 0 Å². The SMILES string of the molecule is Cc1nsc(NS(=O)(=O)N2CCCC(C(=O)O)C2)n1. The monoisotopic (exact) mass is 306 g/mol. The molecule has 1 aromatic rings. The Kier molecular flexibility index (Phi) is 4.02. The molecular weight excluding hydrogens is 292 g/mol. The average molecular weight is 306 g/mol. The van der Waals surface area contributed by atoms with Crippen LogP contribution in [0.15, 0.2) is 0 Å². The van der Waals surface area contributed by atoms with Crippen LogP contribution in [0.25, 0.3) is 0 Å². The van der Waals surface area contributed by atoms with Crippen LogP contribution in [0.1, 0.15) is 18.7 Å². The Balaban J connectivity index is 2.08. The van der Waals surface area contributed by atoms with E-state index in [1.165, 1.54) is 0 Å². The summed E-state index contributed by atoms with van der Waals surface area (Å²) in [6.45, 7) is 1.97. The number of carboxylic acid groups (broad SMARTS) is 1. The predicted molar refractivity (Wildman–Crippen MR) is 69.1 cm³/mol. The van der Waals surface area contributed by atoms with Crippen LogP contribution in [0.3, 0.4) is 0 Å². The molecular formula is C9H14N4O4S2. The number of nitrogens with one attached hydrogen (secondary N) is 1. The van der Waals surface area contributed by atoms with Gasteiger partial charge in [0, 0.05) is 24.6 Å². The summed E-state index contributed by atoms with van der Waals surface area (Å²) in [4.78, 5) is 14.8. The van der Waals surface area contributed by atoms with Crippen molar-refractivity contribution < 1.29 is 18.3 Å². The normalized spacial score (nSPS) is 21.2. The number of carboxylic acids is 1.